The minimum absolute atomic E-state index is 0.587. The van der Waals surface area contributed by atoms with E-state index in [0.717, 1.165) is 20.9 Å². The van der Waals surface area contributed by atoms with Gasteiger partial charge in [-0.3, -0.25) is 0 Å². The van der Waals surface area contributed by atoms with E-state index >= 15 is 0 Å². The summed E-state index contributed by atoms with van der Waals surface area (Å²) in [7, 11) is 0. The van der Waals surface area contributed by atoms with Gasteiger partial charge in [-0.25, -0.2) is 4.98 Å². The number of halogens is 1. The number of fused-ring (bicyclic) bond motifs is 1. The maximum atomic E-state index is 8.92. The number of aromatic nitrogens is 1. The fourth-order valence-corrected chi connectivity index (χ4v) is 2.56. The van der Waals surface area contributed by atoms with E-state index < -0.39 is 0 Å². The van der Waals surface area contributed by atoms with E-state index in [1.807, 2.05) is 24.3 Å². The van der Waals surface area contributed by atoms with Gasteiger partial charge < -0.3 is 5.32 Å². The van der Waals surface area contributed by atoms with Crippen LogP contribution in [0.1, 0.15) is 5.56 Å². The second kappa shape index (κ2) is 5.32. The second-order valence-corrected chi connectivity index (χ2v) is 5.16. The molecule has 0 amide bonds. The summed E-state index contributed by atoms with van der Waals surface area (Å²) in [5, 5.41) is 14.4. The Hall–Kier alpha value is -2.38. The molecule has 0 aliphatic rings. The van der Waals surface area contributed by atoms with Crippen LogP contribution in [0.5, 0.6) is 0 Å². The molecule has 0 atom stereocenters. The predicted octanol–water partition coefficient (Wildman–Crippen LogP) is 4.61. The van der Waals surface area contributed by atoms with Gasteiger partial charge in [-0.05, 0) is 29.7 Å². The lowest BCUT2D eigenvalue weighted by molar-refractivity contribution is 1.30. The third-order valence-corrected chi connectivity index (χ3v) is 3.71. The maximum absolute atomic E-state index is 8.92. The Balaban J connectivity index is 2.07. The smallest absolute Gasteiger partial charge is 0.131 e. The van der Waals surface area contributed by atoms with Gasteiger partial charge in [0.05, 0.1) is 11.6 Å². The van der Waals surface area contributed by atoms with E-state index in [2.05, 4.69) is 44.4 Å². The number of hydrogen-bond donors (Lipinski definition) is 1. The molecule has 3 nitrogen and oxygen atoms in total. The third-order valence-electron chi connectivity index (χ3n) is 3.02. The first-order valence-electron chi connectivity index (χ1n) is 6.08. The highest BCUT2D eigenvalue weighted by atomic mass is 79.9. The van der Waals surface area contributed by atoms with Crippen molar-refractivity contribution in [3.63, 3.8) is 0 Å². The molecule has 20 heavy (non-hydrogen) atoms. The molecule has 0 saturated carbocycles. The van der Waals surface area contributed by atoms with Crippen LogP contribution >= 0.6 is 15.9 Å². The van der Waals surface area contributed by atoms with Crippen molar-refractivity contribution >= 4 is 38.2 Å². The van der Waals surface area contributed by atoms with Crippen molar-refractivity contribution < 1.29 is 0 Å². The topological polar surface area (TPSA) is 48.7 Å². The van der Waals surface area contributed by atoms with Crippen LogP contribution in [0.15, 0.2) is 59.2 Å². The summed E-state index contributed by atoms with van der Waals surface area (Å²) in [5.41, 5.74) is 1.55. The Morgan fingerprint density at radius 2 is 1.85 bits per heavy atom. The van der Waals surface area contributed by atoms with Crippen molar-refractivity contribution in [1.82, 2.24) is 4.98 Å². The fourth-order valence-electron chi connectivity index (χ4n) is 2.08. The first kappa shape index (κ1) is 12.6. The van der Waals surface area contributed by atoms with Crippen molar-refractivity contribution in [1.29, 1.82) is 5.26 Å². The largest absolute Gasteiger partial charge is 0.340 e. The molecule has 0 aliphatic heterocycles. The number of rotatable bonds is 2. The summed E-state index contributed by atoms with van der Waals surface area (Å²) in [4.78, 5) is 4.24. The first-order valence-corrected chi connectivity index (χ1v) is 6.87. The van der Waals surface area contributed by atoms with E-state index in [-0.39, 0.29) is 0 Å². The molecular formula is C16H10BrN3. The average molecular weight is 324 g/mol. The molecule has 0 saturated heterocycles. The lowest BCUT2D eigenvalue weighted by atomic mass is 10.1. The van der Waals surface area contributed by atoms with Gasteiger partial charge in [-0.1, -0.05) is 40.2 Å². The Bertz CT molecular complexity index is 821. The van der Waals surface area contributed by atoms with Crippen LogP contribution in [0, 0.1) is 11.3 Å². The highest BCUT2D eigenvalue weighted by Crippen LogP contribution is 2.31. The molecular weight excluding hydrogens is 314 g/mol. The zero-order chi connectivity index (χ0) is 13.9. The molecule has 0 radical (unpaired) electrons. The summed E-state index contributed by atoms with van der Waals surface area (Å²) in [6.07, 6.45) is 1.63. The Kier molecular flexibility index (Phi) is 3.36. The van der Waals surface area contributed by atoms with Crippen LogP contribution in [-0.4, -0.2) is 4.98 Å². The number of nitriles is 1. The molecule has 0 bridgehead atoms. The van der Waals surface area contributed by atoms with Crippen molar-refractivity contribution in [2.75, 3.05) is 5.32 Å². The fraction of sp³-hybridized carbons (Fsp3) is 0. The monoisotopic (exact) mass is 323 g/mol. The summed E-state index contributed by atoms with van der Waals surface area (Å²) < 4.78 is 1.05. The number of anilines is 2. The highest BCUT2D eigenvalue weighted by molar-refractivity contribution is 9.10. The van der Waals surface area contributed by atoms with E-state index in [4.69, 9.17) is 5.26 Å². The lowest BCUT2D eigenvalue weighted by Crippen LogP contribution is -1.95. The lowest BCUT2D eigenvalue weighted by Gasteiger charge is -2.10. The molecule has 0 unspecified atom stereocenters. The summed E-state index contributed by atoms with van der Waals surface area (Å²) in [5.74, 6) is 0.663. The summed E-state index contributed by atoms with van der Waals surface area (Å²) in [6.45, 7) is 0. The highest BCUT2D eigenvalue weighted by Gasteiger charge is 2.05. The molecule has 1 heterocycles. The van der Waals surface area contributed by atoms with Gasteiger partial charge in [0, 0.05) is 21.7 Å². The van der Waals surface area contributed by atoms with Crippen LogP contribution < -0.4 is 5.32 Å². The molecule has 0 aliphatic carbocycles. The van der Waals surface area contributed by atoms with Gasteiger partial charge in [-0.2, -0.15) is 5.26 Å². The molecule has 1 aromatic heterocycles. The summed E-state index contributed by atoms with van der Waals surface area (Å²) in [6, 6.07) is 17.6. The van der Waals surface area contributed by atoms with E-state index in [9.17, 15) is 0 Å². The van der Waals surface area contributed by atoms with E-state index in [0.29, 0.717) is 11.4 Å². The molecule has 3 rings (SSSR count). The third kappa shape index (κ3) is 2.36. The summed E-state index contributed by atoms with van der Waals surface area (Å²) >= 11 is 3.55. The van der Waals surface area contributed by atoms with Gasteiger partial charge in [-0.15, -0.1) is 0 Å². The minimum atomic E-state index is 0.587. The predicted molar refractivity (Wildman–Crippen MR) is 83.9 cm³/mol. The molecule has 4 heteroatoms. The van der Waals surface area contributed by atoms with Crippen LogP contribution in [0.2, 0.25) is 0 Å². The van der Waals surface area contributed by atoms with Gasteiger partial charge >= 0.3 is 0 Å². The Labute approximate surface area is 125 Å². The van der Waals surface area contributed by atoms with Crippen molar-refractivity contribution in [3.8, 4) is 6.07 Å². The van der Waals surface area contributed by atoms with Gasteiger partial charge in [0.15, 0.2) is 0 Å². The zero-order valence-electron chi connectivity index (χ0n) is 10.5. The number of nitrogens with one attached hydrogen (secondary N) is 1. The van der Waals surface area contributed by atoms with Crippen molar-refractivity contribution in [2.24, 2.45) is 0 Å². The van der Waals surface area contributed by atoms with Gasteiger partial charge in [0.25, 0.3) is 0 Å². The molecule has 3 aromatic rings. The maximum Gasteiger partial charge on any atom is 0.131 e. The van der Waals surface area contributed by atoms with Crippen LogP contribution in [0.3, 0.4) is 0 Å². The minimum Gasteiger partial charge on any atom is -0.340 e. The number of nitrogens with zero attached hydrogens (tertiary/aromatic N) is 2. The standard InChI is InChI=1S/C16H10BrN3/c17-14-5-6-15(13-4-2-1-3-12(13)14)20-16-9-11(10-18)7-8-19-16/h1-9H,(H,19,20). The number of benzene rings is 2. The van der Waals surface area contributed by atoms with E-state index in [1.165, 1.54) is 0 Å². The molecule has 96 valence electrons. The Morgan fingerprint density at radius 1 is 1.05 bits per heavy atom. The van der Waals surface area contributed by atoms with Crippen LogP contribution in [-0.2, 0) is 0 Å². The van der Waals surface area contributed by atoms with Crippen molar-refractivity contribution in [2.45, 2.75) is 0 Å². The molecule has 0 spiro atoms. The van der Waals surface area contributed by atoms with Crippen LogP contribution in [0.4, 0.5) is 11.5 Å². The average Bonchev–Trinajstić information content (AvgIpc) is 2.51. The Morgan fingerprint density at radius 3 is 2.65 bits per heavy atom. The SMILES string of the molecule is N#Cc1ccnc(Nc2ccc(Br)c3ccccc23)c1. The normalized spacial score (nSPS) is 10.2. The number of hydrogen-bond acceptors (Lipinski definition) is 3. The quantitative estimate of drug-likeness (QED) is 0.749. The van der Waals surface area contributed by atoms with Gasteiger partial charge in [0.1, 0.15) is 5.82 Å². The van der Waals surface area contributed by atoms with Crippen LogP contribution in [0.25, 0.3) is 10.8 Å². The first-order chi connectivity index (χ1) is 9.78. The zero-order valence-corrected chi connectivity index (χ0v) is 12.1. The van der Waals surface area contributed by atoms with E-state index in [1.54, 1.807) is 18.3 Å². The molecule has 2 aromatic carbocycles. The molecule has 0 fully saturated rings. The molecule has 1 N–H and O–H groups in total. The number of pyridine rings is 1. The van der Waals surface area contributed by atoms with Crippen molar-refractivity contribution in [3.05, 3.63) is 64.8 Å². The second-order valence-electron chi connectivity index (χ2n) is 4.31. The van der Waals surface area contributed by atoms with Gasteiger partial charge in [0.2, 0.25) is 0 Å².